The van der Waals surface area contributed by atoms with E-state index in [1.165, 1.54) is 0 Å². The van der Waals surface area contributed by atoms with Gasteiger partial charge in [-0.05, 0) is 44.4 Å². The first-order valence-electron chi connectivity index (χ1n) is 13.5. The third kappa shape index (κ3) is 3.48. The van der Waals surface area contributed by atoms with Crippen molar-refractivity contribution in [3.63, 3.8) is 0 Å². The second kappa shape index (κ2) is 5.93. The van der Waals surface area contributed by atoms with Gasteiger partial charge in [0, 0.05) is 34.4 Å². The fourth-order valence-electron chi connectivity index (χ4n) is 1.86. The highest BCUT2D eigenvalue weighted by atomic mass is 16.3. The third-order valence-corrected chi connectivity index (χ3v) is 2.80. The van der Waals surface area contributed by atoms with Gasteiger partial charge in [-0.3, -0.25) is 0 Å². The molecule has 0 aromatic heterocycles. The third-order valence-electron chi connectivity index (χ3n) is 2.80. The van der Waals surface area contributed by atoms with Crippen LogP contribution in [0.5, 0.6) is 5.75 Å². The number of aliphatic hydroxyl groups is 1. The molecular formula is C16H25NO2. The molecule has 3 nitrogen and oxygen atoms in total. The molecule has 1 aliphatic carbocycles. The van der Waals surface area contributed by atoms with E-state index < -0.39 is 63.9 Å². The highest BCUT2D eigenvalue weighted by Gasteiger charge is 2.38. The summed E-state index contributed by atoms with van der Waals surface area (Å²) in [5.74, 6) is -2.64. The Morgan fingerprint density at radius 2 is 1.89 bits per heavy atom. The molecular weight excluding hydrogens is 238 g/mol. The highest BCUT2D eigenvalue weighted by molar-refractivity contribution is 5.30. The second-order valence-electron chi connectivity index (χ2n) is 4.15. The van der Waals surface area contributed by atoms with Crippen LogP contribution >= 0.6 is 0 Å². The average molecular weight is 279 g/mol. The maximum Gasteiger partial charge on any atom is 0.115 e. The van der Waals surface area contributed by atoms with Gasteiger partial charge in [0.05, 0.1) is 5.60 Å². The molecule has 1 unspecified atom stereocenters. The summed E-state index contributed by atoms with van der Waals surface area (Å²) >= 11 is 0. The quantitative estimate of drug-likeness (QED) is 0.890. The predicted octanol–water partition coefficient (Wildman–Crippen LogP) is 2.73. The SMILES string of the molecule is [2H]C([2H])([2H])N(CC(c1ccc(O)cc1)C1(O)C([2H])([2H])C([2H])([2H])C([2H])([2H])C([2H])([2H])C1([2H])[2H])C([2H])([2H])[2H]. The minimum Gasteiger partial charge on any atom is -0.508 e. The maximum atomic E-state index is 11.7. The fraction of sp³-hybridized carbons (Fsp3) is 0.625. The summed E-state index contributed by atoms with van der Waals surface area (Å²) < 4.78 is 128. The van der Waals surface area contributed by atoms with E-state index >= 15 is 0 Å². The molecule has 0 saturated heterocycles. The van der Waals surface area contributed by atoms with Crippen molar-refractivity contribution in [1.29, 1.82) is 0 Å². The lowest BCUT2D eigenvalue weighted by Gasteiger charge is -2.40. The van der Waals surface area contributed by atoms with Gasteiger partial charge in [0.25, 0.3) is 0 Å². The van der Waals surface area contributed by atoms with Crippen LogP contribution in [-0.4, -0.2) is 41.2 Å². The minimum absolute atomic E-state index is 0.129. The van der Waals surface area contributed by atoms with Crippen molar-refractivity contribution in [2.24, 2.45) is 0 Å². The van der Waals surface area contributed by atoms with Crippen LogP contribution in [0, 0.1) is 0 Å². The van der Waals surface area contributed by atoms with E-state index in [4.69, 9.17) is 21.9 Å². The van der Waals surface area contributed by atoms with E-state index in [0.29, 0.717) is 0 Å². The Balaban J connectivity index is 2.99. The molecule has 0 radical (unpaired) electrons. The molecule has 1 aliphatic rings. The van der Waals surface area contributed by atoms with E-state index in [1.807, 2.05) is 0 Å². The van der Waals surface area contributed by atoms with Crippen molar-refractivity contribution in [3.8, 4) is 5.75 Å². The Hall–Kier alpha value is -1.06. The number of nitrogens with zero attached hydrogens (tertiary/aromatic N) is 1. The van der Waals surface area contributed by atoms with E-state index in [2.05, 4.69) is 0 Å². The van der Waals surface area contributed by atoms with Crippen LogP contribution < -0.4 is 0 Å². The standard InChI is InChI=1S/C16H25NO2/c1-17(2)12-15(13-6-8-14(18)9-7-13)16(19)10-4-3-5-11-16/h6-9,15,18-19H,3-5,10-12H2,1-2H3/i1D3,2D3,3D2,4D2,5D2,10D2,11D2. The molecule has 2 rings (SSSR count). The Bertz CT molecular complexity index is 892. The van der Waals surface area contributed by atoms with Crippen molar-refractivity contribution in [1.82, 2.24) is 4.90 Å². The van der Waals surface area contributed by atoms with Crippen LogP contribution in [0.3, 0.4) is 0 Å². The van der Waals surface area contributed by atoms with E-state index in [1.54, 1.807) is 0 Å². The molecule has 0 bridgehead atoms. The molecule has 0 aliphatic heterocycles. The minimum atomic E-state index is -3.95. The van der Waals surface area contributed by atoms with Crippen LogP contribution in [0.2, 0.25) is 0 Å². The van der Waals surface area contributed by atoms with Crippen molar-refractivity contribution >= 4 is 0 Å². The molecule has 0 heterocycles. The van der Waals surface area contributed by atoms with Crippen LogP contribution in [0.4, 0.5) is 0 Å². The smallest absolute Gasteiger partial charge is 0.115 e. The van der Waals surface area contributed by atoms with Gasteiger partial charge in [-0.15, -0.1) is 0 Å². The Kier molecular flexibility index (Phi) is 1.32. The van der Waals surface area contributed by atoms with Gasteiger partial charge in [-0.1, -0.05) is 31.3 Å². The largest absolute Gasteiger partial charge is 0.508 e. The molecule has 1 fully saturated rings. The first kappa shape index (κ1) is 4.22. The zero-order valence-corrected chi connectivity index (χ0v) is 9.94. The van der Waals surface area contributed by atoms with Gasteiger partial charge in [-0.2, -0.15) is 0 Å². The van der Waals surface area contributed by atoms with Crippen LogP contribution in [-0.2, 0) is 0 Å². The van der Waals surface area contributed by atoms with Gasteiger partial charge in [0.1, 0.15) is 5.75 Å². The van der Waals surface area contributed by atoms with E-state index in [9.17, 15) is 10.2 Å². The van der Waals surface area contributed by atoms with Crippen molar-refractivity contribution < 1.29 is 32.1 Å². The van der Waals surface area contributed by atoms with Crippen LogP contribution in [0.25, 0.3) is 0 Å². The molecule has 2 N–H and O–H groups in total. The van der Waals surface area contributed by atoms with Gasteiger partial charge in [-0.25, -0.2) is 0 Å². The lowest BCUT2D eigenvalue weighted by molar-refractivity contribution is -0.0277. The molecule has 1 atom stereocenters. The predicted molar refractivity (Wildman–Crippen MR) is 77.4 cm³/mol. The summed E-state index contributed by atoms with van der Waals surface area (Å²) in [6.45, 7) is -8.16. The zero-order valence-electron chi connectivity index (χ0n) is 25.9. The van der Waals surface area contributed by atoms with Gasteiger partial charge in [0.15, 0.2) is 0 Å². The summed E-state index contributed by atoms with van der Waals surface area (Å²) in [4.78, 5) is -0.129. The number of phenolic OH excluding ortho intramolecular Hbond substituents is 1. The zero-order chi connectivity index (χ0) is 27.8. The highest BCUT2D eigenvalue weighted by Crippen LogP contribution is 2.40. The average Bonchev–Trinajstić information content (AvgIpc) is 2.65. The number of likely N-dealkylation sites (N-methyl/N-ethyl adjacent to an activating group) is 1. The van der Waals surface area contributed by atoms with Gasteiger partial charge in [0.2, 0.25) is 0 Å². The normalized spacial score (nSPS) is 47.5. The molecule has 0 amide bonds. The molecule has 1 aromatic rings. The Morgan fingerprint density at radius 1 is 1.26 bits per heavy atom. The van der Waals surface area contributed by atoms with Crippen LogP contribution in [0.1, 0.15) is 65.3 Å². The number of rotatable bonds is 4. The Morgan fingerprint density at radius 3 is 2.47 bits per heavy atom. The lowest BCUT2D eigenvalue weighted by atomic mass is 9.72. The summed E-state index contributed by atoms with van der Waals surface area (Å²) in [5, 5.41) is 21.4. The van der Waals surface area contributed by atoms with Crippen molar-refractivity contribution in [2.45, 2.75) is 43.4 Å². The number of hydrogen-bond acceptors (Lipinski definition) is 3. The van der Waals surface area contributed by atoms with Crippen molar-refractivity contribution in [2.75, 3.05) is 20.5 Å². The molecule has 106 valence electrons. The summed E-state index contributed by atoms with van der Waals surface area (Å²) in [6.07, 6.45) is -19.5. The van der Waals surface area contributed by atoms with Gasteiger partial charge < -0.3 is 15.1 Å². The Labute approximate surface area is 138 Å². The number of phenols is 1. The first-order valence-corrected chi connectivity index (χ1v) is 5.52. The molecule has 3 heteroatoms. The fourth-order valence-corrected chi connectivity index (χ4v) is 1.86. The van der Waals surface area contributed by atoms with E-state index in [-0.39, 0.29) is 16.2 Å². The molecule has 1 saturated carbocycles. The maximum absolute atomic E-state index is 11.7. The summed E-state index contributed by atoms with van der Waals surface area (Å²) in [7, 11) is 0. The van der Waals surface area contributed by atoms with Crippen molar-refractivity contribution in [3.05, 3.63) is 29.8 Å². The number of benzene rings is 1. The molecule has 19 heavy (non-hydrogen) atoms. The molecule has 1 aromatic carbocycles. The molecule has 0 spiro atoms. The second-order valence-corrected chi connectivity index (χ2v) is 4.15. The number of hydrogen-bond donors (Lipinski definition) is 2. The van der Waals surface area contributed by atoms with E-state index in [0.717, 1.165) is 24.3 Å². The first-order chi connectivity index (χ1) is 15.2. The van der Waals surface area contributed by atoms with Crippen LogP contribution in [0.15, 0.2) is 24.3 Å². The van der Waals surface area contributed by atoms with Gasteiger partial charge >= 0.3 is 0 Å². The number of aromatic hydroxyl groups is 1. The lowest BCUT2D eigenvalue weighted by Crippen LogP contribution is -2.42. The summed E-state index contributed by atoms with van der Waals surface area (Å²) in [6, 6.07) is 3.93. The summed E-state index contributed by atoms with van der Waals surface area (Å²) in [5.41, 5.74) is -4.23. The monoisotopic (exact) mass is 279 g/mol. The topological polar surface area (TPSA) is 43.7 Å².